The molecule has 1 aliphatic carbocycles. The van der Waals surface area contributed by atoms with Gasteiger partial charge in [-0.2, -0.15) is 0 Å². The van der Waals surface area contributed by atoms with Gasteiger partial charge in [-0.05, 0) is 63.0 Å². The van der Waals surface area contributed by atoms with Crippen LogP contribution in [0.3, 0.4) is 0 Å². The summed E-state index contributed by atoms with van der Waals surface area (Å²) in [6, 6.07) is 9.41. The summed E-state index contributed by atoms with van der Waals surface area (Å²) in [7, 11) is 1.74. The zero-order valence-electron chi connectivity index (χ0n) is 15.5. The van der Waals surface area contributed by atoms with Crippen molar-refractivity contribution >= 4 is 30.5 Å². The number of methoxy groups -OCH3 is 1. The normalized spacial score (nSPS) is 18.8. The smallest absolute Gasteiger partial charge is 0.119 e. The summed E-state index contributed by atoms with van der Waals surface area (Å²) in [5.74, 6) is 0.952. The van der Waals surface area contributed by atoms with Crippen molar-refractivity contribution in [2.24, 2.45) is 0 Å². The SMILES string of the molecule is COc1ccc(N(CCN2CCCCC2)C2CCCCC2)cc1.Cl.Cl. The van der Waals surface area contributed by atoms with Crippen molar-refractivity contribution in [3.05, 3.63) is 24.3 Å². The number of nitrogens with zero attached hydrogens (tertiary/aromatic N) is 2. The molecule has 0 N–H and O–H groups in total. The van der Waals surface area contributed by atoms with Crippen LogP contribution in [0.2, 0.25) is 0 Å². The third-order valence-corrected chi connectivity index (χ3v) is 5.53. The Hall–Kier alpha value is -0.640. The minimum atomic E-state index is 0. The molecule has 1 heterocycles. The van der Waals surface area contributed by atoms with Gasteiger partial charge in [0.1, 0.15) is 5.75 Å². The second kappa shape index (κ2) is 11.9. The number of rotatable bonds is 6. The van der Waals surface area contributed by atoms with Crippen LogP contribution in [0.1, 0.15) is 51.4 Å². The Morgan fingerprint density at radius 3 is 2.12 bits per heavy atom. The van der Waals surface area contributed by atoms with Crippen LogP contribution < -0.4 is 9.64 Å². The molecule has 1 aromatic carbocycles. The second-order valence-electron chi connectivity index (χ2n) is 7.09. The molecule has 0 spiro atoms. The highest BCUT2D eigenvalue weighted by atomic mass is 35.5. The van der Waals surface area contributed by atoms with Gasteiger partial charge in [-0.15, -0.1) is 24.8 Å². The van der Waals surface area contributed by atoms with Crippen LogP contribution in [-0.4, -0.2) is 44.2 Å². The zero-order valence-corrected chi connectivity index (χ0v) is 17.1. The van der Waals surface area contributed by atoms with E-state index < -0.39 is 0 Å². The van der Waals surface area contributed by atoms with Gasteiger partial charge in [0, 0.05) is 24.8 Å². The van der Waals surface area contributed by atoms with Crippen molar-refractivity contribution in [1.82, 2.24) is 4.90 Å². The number of benzene rings is 1. The van der Waals surface area contributed by atoms with Crippen LogP contribution in [-0.2, 0) is 0 Å². The van der Waals surface area contributed by atoms with Gasteiger partial charge < -0.3 is 14.5 Å². The average Bonchev–Trinajstić information content (AvgIpc) is 2.64. The molecule has 5 heteroatoms. The van der Waals surface area contributed by atoms with E-state index >= 15 is 0 Å². The first kappa shape index (κ1) is 22.4. The lowest BCUT2D eigenvalue weighted by molar-refractivity contribution is 0.230. The van der Waals surface area contributed by atoms with E-state index in [0.29, 0.717) is 0 Å². The van der Waals surface area contributed by atoms with Crippen LogP contribution in [0.25, 0.3) is 0 Å². The number of piperidine rings is 1. The lowest BCUT2D eigenvalue weighted by atomic mass is 9.93. The molecule has 1 saturated heterocycles. The molecule has 1 aromatic rings. The predicted octanol–water partition coefficient (Wildman–Crippen LogP) is 5.16. The van der Waals surface area contributed by atoms with E-state index in [1.54, 1.807) is 7.11 Å². The van der Waals surface area contributed by atoms with Gasteiger partial charge in [0.2, 0.25) is 0 Å². The minimum Gasteiger partial charge on any atom is -0.497 e. The van der Waals surface area contributed by atoms with Crippen molar-refractivity contribution in [2.75, 3.05) is 38.2 Å². The van der Waals surface area contributed by atoms with Gasteiger partial charge in [-0.25, -0.2) is 0 Å². The lowest BCUT2D eigenvalue weighted by Crippen LogP contribution is -2.43. The van der Waals surface area contributed by atoms with E-state index in [2.05, 4.69) is 34.1 Å². The molecule has 0 amide bonds. The Labute approximate surface area is 165 Å². The summed E-state index contributed by atoms with van der Waals surface area (Å²) in [4.78, 5) is 5.33. The monoisotopic (exact) mass is 388 g/mol. The number of likely N-dealkylation sites (tertiary alicyclic amines) is 1. The minimum absolute atomic E-state index is 0. The van der Waals surface area contributed by atoms with Gasteiger partial charge in [0.05, 0.1) is 7.11 Å². The molecule has 25 heavy (non-hydrogen) atoms. The Morgan fingerprint density at radius 2 is 1.52 bits per heavy atom. The number of ether oxygens (including phenoxy) is 1. The maximum Gasteiger partial charge on any atom is 0.119 e. The molecular formula is C20H34Cl2N2O. The van der Waals surface area contributed by atoms with Gasteiger partial charge >= 0.3 is 0 Å². The number of hydrogen-bond acceptors (Lipinski definition) is 3. The first-order valence-electron chi connectivity index (χ1n) is 9.50. The second-order valence-corrected chi connectivity index (χ2v) is 7.09. The molecule has 1 aliphatic heterocycles. The highest BCUT2D eigenvalue weighted by molar-refractivity contribution is 5.85. The van der Waals surface area contributed by atoms with Crippen molar-refractivity contribution in [1.29, 1.82) is 0 Å². The molecule has 1 saturated carbocycles. The largest absolute Gasteiger partial charge is 0.497 e. The number of anilines is 1. The molecule has 2 aliphatic rings. The van der Waals surface area contributed by atoms with E-state index in [1.807, 2.05) is 0 Å². The third-order valence-electron chi connectivity index (χ3n) is 5.53. The van der Waals surface area contributed by atoms with E-state index in [0.717, 1.165) is 18.3 Å². The van der Waals surface area contributed by atoms with Gasteiger partial charge in [-0.3, -0.25) is 0 Å². The Morgan fingerprint density at radius 1 is 0.920 bits per heavy atom. The highest BCUT2D eigenvalue weighted by Crippen LogP contribution is 2.28. The number of halogens is 2. The predicted molar refractivity (Wildman–Crippen MR) is 112 cm³/mol. The van der Waals surface area contributed by atoms with Gasteiger partial charge in [0.15, 0.2) is 0 Å². The van der Waals surface area contributed by atoms with Crippen molar-refractivity contribution in [3.63, 3.8) is 0 Å². The molecule has 3 rings (SSSR count). The van der Waals surface area contributed by atoms with Crippen molar-refractivity contribution in [2.45, 2.75) is 57.4 Å². The Bertz CT molecular complexity index is 457. The van der Waals surface area contributed by atoms with Gasteiger partial charge in [0.25, 0.3) is 0 Å². The van der Waals surface area contributed by atoms with Crippen LogP contribution in [0.5, 0.6) is 5.75 Å². The molecular weight excluding hydrogens is 355 g/mol. The fourth-order valence-electron chi connectivity index (χ4n) is 4.12. The molecule has 0 unspecified atom stereocenters. The maximum atomic E-state index is 5.32. The first-order valence-corrected chi connectivity index (χ1v) is 9.50. The van der Waals surface area contributed by atoms with E-state index in [1.165, 1.54) is 76.7 Å². The van der Waals surface area contributed by atoms with Crippen LogP contribution in [0.4, 0.5) is 5.69 Å². The summed E-state index contributed by atoms with van der Waals surface area (Å²) >= 11 is 0. The molecule has 0 radical (unpaired) electrons. The fourth-order valence-corrected chi connectivity index (χ4v) is 4.12. The summed E-state index contributed by atoms with van der Waals surface area (Å²) < 4.78 is 5.32. The van der Waals surface area contributed by atoms with E-state index in [9.17, 15) is 0 Å². The molecule has 144 valence electrons. The first-order chi connectivity index (χ1) is 11.4. The van der Waals surface area contributed by atoms with Crippen molar-refractivity contribution in [3.8, 4) is 5.75 Å². The van der Waals surface area contributed by atoms with Gasteiger partial charge in [-0.1, -0.05) is 25.7 Å². The topological polar surface area (TPSA) is 15.7 Å². The van der Waals surface area contributed by atoms with Crippen molar-refractivity contribution < 1.29 is 4.74 Å². The fraction of sp³-hybridized carbons (Fsp3) is 0.700. The van der Waals surface area contributed by atoms with Crippen LogP contribution in [0.15, 0.2) is 24.3 Å². The summed E-state index contributed by atoms with van der Waals surface area (Å²) in [6.45, 7) is 4.96. The Kier molecular flexibility index (Phi) is 10.6. The molecule has 3 nitrogen and oxygen atoms in total. The molecule has 0 bridgehead atoms. The average molecular weight is 389 g/mol. The zero-order chi connectivity index (χ0) is 15.9. The van der Waals surface area contributed by atoms with E-state index in [4.69, 9.17) is 4.74 Å². The Balaban J connectivity index is 0.00000156. The van der Waals surface area contributed by atoms with E-state index in [-0.39, 0.29) is 24.8 Å². The molecule has 2 fully saturated rings. The number of hydrogen-bond donors (Lipinski definition) is 0. The molecule has 0 atom stereocenters. The lowest BCUT2D eigenvalue weighted by Gasteiger charge is -2.38. The summed E-state index contributed by atoms with van der Waals surface area (Å²) in [5, 5.41) is 0. The highest BCUT2D eigenvalue weighted by Gasteiger charge is 2.22. The third kappa shape index (κ3) is 6.54. The maximum absolute atomic E-state index is 5.32. The quantitative estimate of drug-likeness (QED) is 0.668. The summed E-state index contributed by atoms with van der Waals surface area (Å²) in [5.41, 5.74) is 1.37. The van der Waals surface area contributed by atoms with Crippen LogP contribution in [0, 0.1) is 0 Å². The standard InChI is InChI=1S/C20H32N2O.2ClH/c1-23-20-12-10-19(11-13-20)22(18-8-4-2-5-9-18)17-16-21-14-6-3-7-15-21;;/h10-13,18H,2-9,14-17H2,1H3;2*1H. The van der Waals surface area contributed by atoms with Crippen LogP contribution >= 0.6 is 24.8 Å². The summed E-state index contributed by atoms with van der Waals surface area (Å²) in [6.07, 6.45) is 11.1. The molecule has 0 aromatic heterocycles.